The Morgan fingerprint density at radius 2 is 1.95 bits per heavy atom. The van der Waals surface area contributed by atoms with E-state index in [1.807, 2.05) is 0 Å². The van der Waals surface area contributed by atoms with Gasteiger partial charge in [0.15, 0.2) is 0 Å². The van der Waals surface area contributed by atoms with Crippen LogP contribution in [0.2, 0.25) is 10.0 Å². The van der Waals surface area contributed by atoms with Crippen LogP contribution < -0.4 is 11.1 Å². The SMILES string of the molecule is Nc1cc(C(=O)Nc2ccc(F)c(Br)c2)cc(Cl)c1Cl. The number of nitrogens with two attached hydrogens (primary N) is 1. The molecule has 0 aliphatic heterocycles. The highest BCUT2D eigenvalue weighted by Crippen LogP contribution is 2.30. The molecule has 0 unspecified atom stereocenters. The number of amides is 1. The molecule has 0 saturated heterocycles. The highest BCUT2D eigenvalue weighted by atomic mass is 79.9. The van der Waals surface area contributed by atoms with Gasteiger partial charge in [-0.05, 0) is 46.3 Å². The Morgan fingerprint density at radius 3 is 2.55 bits per heavy atom. The molecule has 2 rings (SSSR count). The summed E-state index contributed by atoms with van der Waals surface area (Å²) >= 11 is 14.7. The first-order chi connectivity index (χ1) is 9.38. The van der Waals surface area contributed by atoms with Crippen molar-refractivity contribution in [1.82, 2.24) is 0 Å². The number of carbonyl (C=O) groups is 1. The van der Waals surface area contributed by atoms with Crippen LogP contribution in [0.5, 0.6) is 0 Å². The first kappa shape index (κ1) is 15.1. The minimum Gasteiger partial charge on any atom is -0.397 e. The molecule has 0 fully saturated rings. The predicted octanol–water partition coefficient (Wildman–Crippen LogP) is 4.73. The molecule has 0 aliphatic rings. The van der Waals surface area contributed by atoms with Gasteiger partial charge in [-0.1, -0.05) is 23.2 Å². The summed E-state index contributed by atoms with van der Waals surface area (Å²) in [6.45, 7) is 0. The van der Waals surface area contributed by atoms with E-state index in [9.17, 15) is 9.18 Å². The van der Waals surface area contributed by atoms with Gasteiger partial charge in [-0.15, -0.1) is 0 Å². The molecule has 1 amide bonds. The van der Waals surface area contributed by atoms with Crippen LogP contribution in [-0.4, -0.2) is 5.91 Å². The number of carbonyl (C=O) groups excluding carboxylic acids is 1. The molecule has 3 N–H and O–H groups in total. The predicted molar refractivity (Wildman–Crippen MR) is 82.9 cm³/mol. The second-order valence-corrected chi connectivity index (χ2v) is 5.58. The lowest BCUT2D eigenvalue weighted by atomic mass is 10.2. The molecule has 0 bridgehead atoms. The van der Waals surface area contributed by atoms with Crippen molar-refractivity contribution < 1.29 is 9.18 Å². The van der Waals surface area contributed by atoms with Gasteiger partial charge < -0.3 is 11.1 Å². The molecule has 0 spiro atoms. The molecule has 0 heterocycles. The first-order valence-corrected chi connectivity index (χ1v) is 6.94. The van der Waals surface area contributed by atoms with Crippen LogP contribution in [0.15, 0.2) is 34.8 Å². The lowest BCUT2D eigenvalue weighted by Crippen LogP contribution is -2.12. The number of anilines is 2. The highest BCUT2D eigenvalue weighted by Gasteiger charge is 2.12. The summed E-state index contributed by atoms with van der Waals surface area (Å²) in [6, 6.07) is 6.96. The number of halogens is 4. The summed E-state index contributed by atoms with van der Waals surface area (Å²) in [5.41, 5.74) is 6.56. The number of rotatable bonds is 2. The molecule has 0 radical (unpaired) electrons. The van der Waals surface area contributed by atoms with Crippen molar-refractivity contribution in [3.63, 3.8) is 0 Å². The minimum absolute atomic E-state index is 0.192. The standard InChI is InChI=1S/C13H8BrCl2FN2O/c14-8-5-7(1-2-10(8)17)19-13(20)6-3-9(15)12(16)11(18)4-6/h1-5H,18H2,(H,19,20). The summed E-state index contributed by atoms with van der Waals surface area (Å²) in [5.74, 6) is -0.837. The molecule has 0 aromatic heterocycles. The van der Waals surface area contributed by atoms with Crippen LogP contribution >= 0.6 is 39.1 Å². The van der Waals surface area contributed by atoms with E-state index in [0.717, 1.165) is 0 Å². The van der Waals surface area contributed by atoms with Gasteiger partial charge in [-0.3, -0.25) is 4.79 Å². The van der Waals surface area contributed by atoms with Gasteiger partial charge in [0.2, 0.25) is 0 Å². The number of nitrogens with one attached hydrogen (secondary N) is 1. The summed E-state index contributed by atoms with van der Waals surface area (Å²) in [5, 5.41) is 3.00. The summed E-state index contributed by atoms with van der Waals surface area (Å²) in [4.78, 5) is 12.0. The molecular weight excluding hydrogens is 370 g/mol. The van der Waals surface area contributed by atoms with E-state index in [4.69, 9.17) is 28.9 Å². The smallest absolute Gasteiger partial charge is 0.255 e. The van der Waals surface area contributed by atoms with Crippen LogP contribution in [0.25, 0.3) is 0 Å². The second-order valence-electron chi connectivity index (χ2n) is 3.94. The summed E-state index contributed by atoms with van der Waals surface area (Å²) in [7, 11) is 0. The van der Waals surface area contributed by atoms with E-state index in [1.54, 1.807) is 0 Å². The van der Waals surface area contributed by atoms with Crippen LogP contribution in [-0.2, 0) is 0 Å². The fraction of sp³-hybridized carbons (Fsp3) is 0. The Kier molecular flexibility index (Phi) is 4.52. The minimum atomic E-state index is -0.422. The largest absolute Gasteiger partial charge is 0.397 e. The number of hydrogen-bond acceptors (Lipinski definition) is 2. The van der Waals surface area contributed by atoms with E-state index in [0.29, 0.717) is 5.69 Å². The van der Waals surface area contributed by atoms with E-state index < -0.39 is 11.7 Å². The normalized spacial score (nSPS) is 10.4. The lowest BCUT2D eigenvalue weighted by molar-refractivity contribution is 0.102. The zero-order valence-electron chi connectivity index (χ0n) is 9.88. The van der Waals surface area contributed by atoms with Crippen LogP contribution in [0.4, 0.5) is 15.8 Å². The van der Waals surface area contributed by atoms with Gasteiger partial charge in [0.05, 0.1) is 20.2 Å². The molecule has 7 heteroatoms. The first-order valence-electron chi connectivity index (χ1n) is 5.39. The maximum Gasteiger partial charge on any atom is 0.255 e. The monoisotopic (exact) mass is 376 g/mol. The Morgan fingerprint density at radius 1 is 1.25 bits per heavy atom. The maximum atomic E-state index is 13.1. The number of hydrogen-bond donors (Lipinski definition) is 2. The Labute approximate surface area is 133 Å². The quantitative estimate of drug-likeness (QED) is 0.743. The van der Waals surface area contributed by atoms with Gasteiger partial charge in [0.25, 0.3) is 5.91 Å². The third-order valence-electron chi connectivity index (χ3n) is 2.50. The van der Waals surface area contributed by atoms with Crippen molar-refractivity contribution in [3.8, 4) is 0 Å². The number of nitrogen functional groups attached to an aromatic ring is 1. The van der Waals surface area contributed by atoms with Crippen LogP contribution in [0, 0.1) is 5.82 Å². The third-order valence-corrected chi connectivity index (χ3v) is 3.92. The van der Waals surface area contributed by atoms with E-state index in [2.05, 4.69) is 21.2 Å². The average Bonchev–Trinajstić information content (AvgIpc) is 2.39. The molecule has 0 saturated carbocycles. The Balaban J connectivity index is 2.26. The summed E-state index contributed by atoms with van der Waals surface area (Å²) < 4.78 is 13.4. The average molecular weight is 378 g/mol. The highest BCUT2D eigenvalue weighted by molar-refractivity contribution is 9.10. The Bertz CT molecular complexity index is 671. The molecule has 2 aromatic rings. The van der Waals surface area contributed by atoms with Crippen molar-refractivity contribution >= 4 is 56.4 Å². The molecule has 0 atom stereocenters. The maximum absolute atomic E-state index is 13.1. The fourth-order valence-corrected chi connectivity index (χ4v) is 2.23. The lowest BCUT2D eigenvalue weighted by Gasteiger charge is -2.08. The molecule has 20 heavy (non-hydrogen) atoms. The second kappa shape index (κ2) is 5.99. The van der Waals surface area contributed by atoms with Gasteiger partial charge in [0.1, 0.15) is 5.82 Å². The fourth-order valence-electron chi connectivity index (χ4n) is 1.52. The van der Waals surface area contributed by atoms with E-state index >= 15 is 0 Å². The molecular formula is C13H8BrCl2FN2O. The molecule has 3 nitrogen and oxygen atoms in total. The van der Waals surface area contributed by atoms with Crippen molar-refractivity contribution in [2.24, 2.45) is 0 Å². The molecule has 0 aliphatic carbocycles. The van der Waals surface area contributed by atoms with Gasteiger partial charge in [-0.2, -0.15) is 0 Å². The molecule has 104 valence electrons. The van der Waals surface area contributed by atoms with Gasteiger partial charge >= 0.3 is 0 Å². The topological polar surface area (TPSA) is 55.1 Å². The van der Waals surface area contributed by atoms with Gasteiger partial charge in [-0.25, -0.2) is 4.39 Å². The van der Waals surface area contributed by atoms with Crippen LogP contribution in [0.1, 0.15) is 10.4 Å². The summed E-state index contributed by atoms with van der Waals surface area (Å²) in [6.07, 6.45) is 0. The van der Waals surface area contributed by atoms with E-state index in [1.165, 1.54) is 30.3 Å². The van der Waals surface area contributed by atoms with Crippen molar-refractivity contribution in [1.29, 1.82) is 0 Å². The van der Waals surface area contributed by atoms with Gasteiger partial charge in [0, 0.05) is 11.3 Å². The van der Waals surface area contributed by atoms with Crippen LogP contribution in [0.3, 0.4) is 0 Å². The third kappa shape index (κ3) is 3.23. The van der Waals surface area contributed by atoms with Crippen molar-refractivity contribution in [2.45, 2.75) is 0 Å². The number of benzene rings is 2. The molecule has 2 aromatic carbocycles. The zero-order chi connectivity index (χ0) is 14.9. The Hall–Kier alpha value is -1.30. The zero-order valence-corrected chi connectivity index (χ0v) is 13.0. The van der Waals surface area contributed by atoms with Crippen molar-refractivity contribution in [3.05, 3.63) is 56.2 Å². The van der Waals surface area contributed by atoms with Crippen molar-refractivity contribution in [2.75, 3.05) is 11.1 Å². The van der Waals surface area contributed by atoms with E-state index in [-0.39, 0.29) is 25.8 Å².